The summed E-state index contributed by atoms with van der Waals surface area (Å²) in [4.78, 5) is 27.9. The van der Waals surface area contributed by atoms with E-state index in [-0.39, 0.29) is 11.9 Å². The van der Waals surface area contributed by atoms with E-state index in [0.29, 0.717) is 22.2 Å². The highest BCUT2D eigenvalue weighted by Crippen LogP contribution is 2.35. The van der Waals surface area contributed by atoms with Crippen molar-refractivity contribution in [2.75, 3.05) is 19.0 Å². The number of quaternary nitrogens is 1. The molecule has 144 valence electrons. The molecule has 0 spiro atoms. The van der Waals surface area contributed by atoms with Crippen LogP contribution in [0.25, 0.3) is 0 Å². The quantitative estimate of drug-likeness (QED) is 0.793. The molecule has 0 saturated carbocycles. The fourth-order valence-electron chi connectivity index (χ4n) is 3.46. The first-order valence-corrected chi connectivity index (χ1v) is 10.1. The van der Waals surface area contributed by atoms with Crippen LogP contribution >= 0.6 is 11.3 Å². The lowest BCUT2D eigenvalue weighted by Gasteiger charge is -2.27. The van der Waals surface area contributed by atoms with E-state index in [4.69, 9.17) is 4.74 Å². The molecule has 1 aromatic heterocycles. The molecule has 3 rings (SSSR count). The molecule has 0 saturated heterocycles. The lowest BCUT2D eigenvalue weighted by Crippen LogP contribution is -3.14. The Morgan fingerprint density at radius 1 is 1.22 bits per heavy atom. The zero-order valence-electron chi connectivity index (χ0n) is 16.6. The summed E-state index contributed by atoms with van der Waals surface area (Å²) in [5, 5.41) is 3.56. The third-order valence-corrected chi connectivity index (χ3v) is 6.52. The monoisotopic (exact) mass is 387 g/mol. The topological polar surface area (TPSA) is 59.8 Å². The van der Waals surface area contributed by atoms with Gasteiger partial charge in [-0.25, -0.2) is 4.79 Å². The van der Waals surface area contributed by atoms with Crippen molar-refractivity contribution >= 4 is 28.2 Å². The number of hydrogen-bond acceptors (Lipinski definition) is 4. The van der Waals surface area contributed by atoms with E-state index in [1.807, 2.05) is 32.0 Å². The molecule has 27 heavy (non-hydrogen) atoms. The van der Waals surface area contributed by atoms with Gasteiger partial charge in [-0.1, -0.05) is 6.07 Å². The highest BCUT2D eigenvalue weighted by molar-refractivity contribution is 7.17. The van der Waals surface area contributed by atoms with Crippen LogP contribution in [-0.4, -0.2) is 31.6 Å². The van der Waals surface area contributed by atoms with Gasteiger partial charge in [0.2, 0.25) is 0 Å². The minimum atomic E-state index is -0.379. The predicted octanol–water partition coefficient (Wildman–Crippen LogP) is 2.75. The van der Waals surface area contributed by atoms with Crippen LogP contribution in [0.2, 0.25) is 0 Å². The Labute approximate surface area is 164 Å². The highest BCUT2D eigenvalue weighted by atomic mass is 32.1. The molecule has 1 aliphatic rings. The molecule has 0 aliphatic carbocycles. The number of benzene rings is 1. The summed E-state index contributed by atoms with van der Waals surface area (Å²) in [7, 11) is 1.38. The molecule has 0 bridgehead atoms. The van der Waals surface area contributed by atoms with E-state index >= 15 is 0 Å². The summed E-state index contributed by atoms with van der Waals surface area (Å²) < 4.78 is 5.01. The lowest BCUT2D eigenvalue weighted by molar-refractivity contribution is -0.936. The first-order valence-electron chi connectivity index (χ1n) is 9.27. The van der Waals surface area contributed by atoms with Crippen LogP contribution in [0, 0.1) is 13.8 Å². The molecule has 0 fully saturated rings. The van der Waals surface area contributed by atoms with Gasteiger partial charge in [0.05, 0.1) is 30.1 Å². The van der Waals surface area contributed by atoms with Crippen molar-refractivity contribution in [3.05, 3.63) is 50.9 Å². The van der Waals surface area contributed by atoms with Crippen molar-refractivity contribution in [2.24, 2.45) is 0 Å². The number of aryl methyl sites for hydroxylation is 2. The molecular formula is C21H27N2O3S+. The zero-order chi connectivity index (χ0) is 19.7. The Kier molecular flexibility index (Phi) is 5.67. The largest absolute Gasteiger partial charge is 0.465 e. The second-order valence-electron chi connectivity index (χ2n) is 7.44. The molecule has 0 radical (unpaired) electrons. The van der Waals surface area contributed by atoms with Crippen molar-refractivity contribution in [1.29, 1.82) is 0 Å². The van der Waals surface area contributed by atoms with Crippen LogP contribution in [-0.2, 0) is 17.7 Å². The number of ether oxygens (including phenoxy) is 1. The first kappa shape index (κ1) is 19.6. The molecule has 1 aliphatic heterocycles. The van der Waals surface area contributed by atoms with Gasteiger partial charge in [0.25, 0.3) is 5.91 Å². The normalized spacial score (nSPS) is 16.1. The fraction of sp³-hybridized carbons (Fsp3) is 0.429. The maximum absolute atomic E-state index is 12.8. The number of nitrogens with one attached hydrogen (secondary N) is 2. The van der Waals surface area contributed by atoms with Crippen molar-refractivity contribution in [3.63, 3.8) is 0 Å². The number of esters is 1. The number of thiophene rings is 1. The van der Waals surface area contributed by atoms with Crippen LogP contribution in [0.3, 0.4) is 0 Å². The van der Waals surface area contributed by atoms with Crippen molar-refractivity contribution in [2.45, 2.75) is 46.7 Å². The summed E-state index contributed by atoms with van der Waals surface area (Å²) in [5.74, 6) is -0.578. The van der Waals surface area contributed by atoms with Gasteiger partial charge in [-0.3, -0.25) is 4.79 Å². The van der Waals surface area contributed by atoms with Crippen LogP contribution < -0.4 is 10.2 Å². The molecule has 6 heteroatoms. The Balaban J connectivity index is 1.93. The summed E-state index contributed by atoms with van der Waals surface area (Å²) in [5.41, 5.74) is 4.36. The number of anilines is 1. The van der Waals surface area contributed by atoms with E-state index < -0.39 is 0 Å². The third-order valence-electron chi connectivity index (χ3n) is 5.38. The number of methoxy groups -OCH3 is 1. The average Bonchev–Trinajstić information content (AvgIpc) is 3.00. The van der Waals surface area contributed by atoms with Crippen molar-refractivity contribution < 1.29 is 19.2 Å². The highest BCUT2D eigenvalue weighted by Gasteiger charge is 2.32. The maximum Gasteiger partial charge on any atom is 0.341 e. The van der Waals surface area contributed by atoms with Gasteiger partial charge in [0.15, 0.2) is 0 Å². The van der Waals surface area contributed by atoms with Gasteiger partial charge in [-0.15, -0.1) is 11.3 Å². The molecule has 2 N–H and O–H groups in total. The molecule has 1 amide bonds. The molecule has 2 heterocycles. The van der Waals surface area contributed by atoms with Crippen LogP contribution in [0.15, 0.2) is 18.2 Å². The number of hydrogen-bond donors (Lipinski definition) is 2. The zero-order valence-corrected chi connectivity index (χ0v) is 17.4. The van der Waals surface area contributed by atoms with Gasteiger partial charge in [0, 0.05) is 12.0 Å². The molecule has 1 aromatic carbocycles. The number of carbonyl (C=O) groups excluding carboxylic acids is 2. The number of amides is 1. The molecule has 1 unspecified atom stereocenters. The van der Waals surface area contributed by atoms with Crippen LogP contribution in [0.5, 0.6) is 0 Å². The second-order valence-corrected chi connectivity index (χ2v) is 8.55. The Bertz CT molecular complexity index is 886. The van der Waals surface area contributed by atoms with Crippen LogP contribution in [0.1, 0.15) is 56.1 Å². The average molecular weight is 388 g/mol. The summed E-state index contributed by atoms with van der Waals surface area (Å²) in [6, 6.07) is 6.15. The van der Waals surface area contributed by atoms with Gasteiger partial charge in [-0.2, -0.15) is 0 Å². The summed E-state index contributed by atoms with van der Waals surface area (Å²) in [6.45, 7) is 10.3. The Hall–Kier alpha value is -2.18. The lowest BCUT2D eigenvalue weighted by atomic mass is 10.0. The van der Waals surface area contributed by atoms with Crippen LogP contribution in [0.4, 0.5) is 5.00 Å². The van der Waals surface area contributed by atoms with Gasteiger partial charge >= 0.3 is 5.97 Å². The van der Waals surface area contributed by atoms with Crippen molar-refractivity contribution in [1.82, 2.24) is 0 Å². The van der Waals surface area contributed by atoms with Gasteiger partial charge in [0.1, 0.15) is 11.5 Å². The van der Waals surface area contributed by atoms with E-state index in [9.17, 15) is 9.59 Å². The Morgan fingerprint density at radius 2 is 1.96 bits per heavy atom. The fourth-order valence-corrected chi connectivity index (χ4v) is 4.74. The van der Waals surface area contributed by atoms with Gasteiger partial charge in [-0.05, 0) is 56.5 Å². The van der Waals surface area contributed by atoms with E-state index in [0.717, 1.165) is 36.2 Å². The minimum absolute atomic E-state index is 0.199. The molecule has 2 aromatic rings. The first-order chi connectivity index (χ1) is 12.8. The Morgan fingerprint density at radius 3 is 2.59 bits per heavy atom. The number of rotatable bonds is 4. The minimum Gasteiger partial charge on any atom is -0.465 e. The van der Waals surface area contributed by atoms with Gasteiger partial charge < -0.3 is 15.0 Å². The van der Waals surface area contributed by atoms with E-state index in [1.54, 1.807) is 0 Å². The molecular weight excluding hydrogens is 360 g/mol. The standard InChI is InChI=1S/C21H26N2O3S/c1-12(2)23-9-8-16-17(11-23)27-20(18(16)21(25)26-5)22-19(24)15-7-6-13(3)14(4)10-15/h6-7,10,12H,8-9,11H2,1-5H3,(H,22,24)/p+1. The molecule has 5 nitrogen and oxygen atoms in total. The summed E-state index contributed by atoms with van der Waals surface area (Å²) >= 11 is 1.50. The smallest absolute Gasteiger partial charge is 0.341 e. The van der Waals surface area contributed by atoms with E-state index in [1.165, 1.54) is 28.2 Å². The maximum atomic E-state index is 12.8. The van der Waals surface area contributed by atoms with Crippen molar-refractivity contribution in [3.8, 4) is 0 Å². The second kappa shape index (κ2) is 7.82. The number of fused-ring (bicyclic) bond motifs is 1. The number of carbonyl (C=O) groups is 2. The predicted molar refractivity (Wildman–Crippen MR) is 108 cm³/mol. The third kappa shape index (κ3) is 3.92. The molecule has 1 atom stereocenters. The van der Waals surface area contributed by atoms with E-state index in [2.05, 4.69) is 19.2 Å². The SMILES string of the molecule is COC(=O)c1c(NC(=O)c2ccc(C)c(C)c2)sc2c1CC[NH+](C(C)C)C2. The summed E-state index contributed by atoms with van der Waals surface area (Å²) in [6.07, 6.45) is 0.823.